The quantitative estimate of drug-likeness (QED) is 0.396. The van der Waals surface area contributed by atoms with E-state index in [0.29, 0.717) is 5.06 Å². The summed E-state index contributed by atoms with van der Waals surface area (Å²) in [6.07, 6.45) is 2.83. The Bertz CT molecular complexity index is 122. The number of amides is 2. The molecule has 2 amide bonds. The molecule has 3 N–H and O–H groups in total. The first-order valence-corrected chi connectivity index (χ1v) is 2.99. The van der Waals surface area contributed by atoms with E-state index in [4.69, 9.17) is 10.9 Å². The fourth-order valence-corrected chi connectivity index (χ4v) is 0.811. The highest BCUT2D eigenvalue weighted by atomic mass is 16.5. The molecular weight excluding hydrogens is 120 g/mol. The van der Waals surface area contributed by atoms with Crippen LogP contribution in [0.5, 0.6) is 0 Å². The number of hydrogen-bond donors (Lipinski definition) is 2. The standard InChI is InChI=1S/C5H10N2O2/c6-5(8)7(9)4-2-1-3-4/h4,9H,1-3H2,(H2,6,8). The molecule has 0 aromatic heterocycles. The number of hydrogen-bond acceptors (Lipinski definition) is 2. The van der Waals surface area contributed by atoms with Crippen molar-refractivity contribution < 1.29 is 10.0 Å². The van der Waals surface area contributed by atoms with Crippen LogP contribution in [0.15, 0.2) is 0 Å². The second-order valence-electron chi connectivity index (χ2n) is 2.27. The molecule has 9 heavy (non-hydrogen) atoms. The second kappa shape index (κ2) is 2.23. The third-order valence-electron chi connectivity index (χ3n) is 1.65. The van der Waals surface area contributed by atoms with Crippen molar-refractivity contribution in [1.29, 1.82) is 0 Å². The summed E-state index contributed by atoms with van der Waals surface area (Å²) >= 11 is 0. The Kier molecular flexibility index (Phi) is 1.57. The van der Waals surface area contributed by atoms with Crippen LogP contribution in [0.4, 0.5) is 4.79 Å². The molecule has 0 heterocycles. The van der Waals surface area contributed by atoms with Gasteiger partial charge in [0.2, 0.25) is 0 Å². The Labute approximate surface area is 53.2 Å². The van der Waals surface area contributed by atoms with E-state index >= 15 is 0 Å². The van der Waals surface area contributed by atoms with Crippen LogP contribution in [0, 0.1) is 0 Å². The molecule has 0 aromatic rings. The first-order chi connectivity index (χ1) is 4.22. The molecule has 4 nitrogen and oxygen atoms in total. The van der Waals surface area contributed by atoms with Crippen LogP contribution >= 0.6 is 0 Å². The Morgan fingerprint density at radius 2 is 2.22 bits per heavy atom. The lowest BCUT2D eigenvalue weighted by molar-refractivity contribution is -0.0963. The molecule has 52 valence electrons. The molecule has 0 atom stereocenters. The molecule has 1 saturated carbocycles. The maximum absolute atomic E-state index is 10.2. The van der Waals surface area contributed by atoms with Gasteiger partial charge in [-0.15, -0.1) is 0 Å². The number of nitrogens with two attached hydrogens (primary N) is 1. The molecule has 0 saturated heterocycles. The lowest BCUT2D eigenvalue weighted by Crippen LogP contribution is -2.44. The molecule has 1 fully saturated rings. The minimum Gasteiger partial charge on any atom is -0.350 e. The van der Waals surface area contributed by atoms with E-state index in [1.165, 1.54) is 0 Å². The SMILES string of the molecule is NC(=O)N(O)C1CCC1. The van der Waals surface area contributed by atoms with Gasteiger partial charge < -0.3 is 5.73 Å². The monoisotopic (exact) mass is 130 g/mol. The Balaban J connectivity index is 2.32. The number of hydroxylamine groups is 2. The molecule has 0 unspecified atom stereocenters. The summed E-state index contributed by atoms with van der Waals surface area (Å²) < 4.78 is 0. The third-order valence-corrected chi connectivity index (χ3v) is 1.65. The minimum absolute atomic E-state index is 0.0116. The summed E-state index contributed by atoms with van der Waals surface area (Å²) in [7, 11) is 0. The van der Waals surface area contributed by atoms with Gasteiger partial charge in [-0.3, -0.25) is 5.21 Å². The van der Waals surface area contributed by atoms with E-state index in [2.05, 4.69) is 0 Å². The van der Waals surface area contributed by atoms with E-state index in [9.17, 15) is 4.79 Å². The van der Waals surface area contributed by atoms with Gasteiger partial charge in [0.1, 0.15) is 0 Å². The van der Waals surface area contributed by atoms with Crippen LogP contribution in [0.2, 0.25) is 0 Å². The lowest BCUT2D eigenvalue weighted by Gasteiger charge is -2.30. The molecule has 0 radical (unpaired) electrons. The summed E-state index contributed by atoms with van der Waals surface area (Å²) in [4.78, 5) is 10.2. The summed E-state index contributed by atoms with van der Waals surface area (Å²) in [5, 5.41) is 9.42. The van der Waals surface area contributed by atoms with Gasteiger partial charge >= 0.3 is 6.03 Å². The number of nitrogens with zero attached hydrogens (tertiary/aromatic N) is 1. The number of urea groups is 1. The molecule has 1 aliphatic rings. The zero-order chi connectivity index (χ0) is 6.85. The van der Waals surface area contributed by atoms with Gasteiger partial charge in [0.25, 0.3) is 0 Å². The predicted molar refractivity (Wildman–Crippen MR) is 30.8 cm³/mol. The average molecular weight is 130 g/mol. The Hall–Kier alpha value is -0.770. The van der Waals surface area contributed by atoms with Crippen molar-refractivity contribution >= 4 is 6.03 Å². The van der Waals surface area contributed by atoms with Crippen molar-refractivity contribution in [3.8, 4) is 0 Å². The number of carbonyl (C=O) groups is 1. The first kappa shape index (κ1) is 6.35. The van der Waals surface area contributed by atoms with Crippen molar-refractivity contribution in [2.24, 2.45) is 5.73 Å². The molecular formula is C5H10N2O2. The average Bonchev–Trinajstić information content (AvgIpc) is 1.60. The highest BCUT2D eigenvalue weighted by Gasteiger charge is 2.25. The topological polar surface area (TPSA) is 66.6 Å². The van der Waals surface area contributed by atoms with Crippen molar-refractivity contribution in [1.82, 2.24) is 5.06 Å². The van der Waals surface area contributed by atoms with Gasteiger partial charge in [-0.05, 0) is 19.3 Å². The Morgan fingerprint density at radius 3 is 2.33 bits per heavy atom. The predicted octanol–water partition coefficient (Wildman–Crippen LogP) is 0.309. The molecule has 0 aromatic carbocycles. The zero-order valence-corrected chi connectivity index (χ0v) is 5.08. The lowest BCUT2D eigenvalue weighted by atomic mass is 9.93. The highest BCUT2D eigenvalue weighted by Crippen LogP contribution is 2.22. The summed E-state index contributed by atoms with van der Waals surface area (Å²) in [5.74, 6) is 0. The second-order valence-corrected chi connectivity index (χ2v) is 2.27. The summed E-state index contributed by atoms with van der Waals surface area (Å²) in [6.45, 7) is 0. The van der Waals surface area contributed by atoms with E-state index < -0.39 is 6.03 Å². The summed E-state index contributed by atoms with van der Waals surface area (Å²) in [6, 6.07) is -0.762. The number of rotatable bonds is 1. The zero-order valence-electron chi connectivity index (χ0n) is 5.08. The summed E-state index contributed by atoms with van der Waals surface area (Å²) in [5.41, 5.74) is 4.78. The maximum atomic E-state index is 10.2. The van der Waals surface area contributed by atoms with Crippen LogP contribution in [0.25, 0.3) is 0 Å². The van der Waals surface area contributed by atoms with Crippen molar-refractivity contribution in [3.05, 3.63) is 0 Å². The van der Waals surface area contributed by atoms with Gasteiger partial charge in [0.15, 0.2) is 0 Å². The smallest absolute Gasteiger partial charge is 0.338 e. The molecule has 1 aliphatic carbocycles. The van der Waals surface area contributed by atoms with Crippen LogP contribution in [0.1, 0.15) is 19.3 Å². The fourth-order valence-electron chi connectivity index (χ4n) is 0.811. The van der Waals surface area contributed by atoms with Crippen LogP contribution < -0.4 is 5.73 Å². The van der Waals surface area contributed by atoms with Crippen molar-refractivity contribution in [2.75, 3.05) is 0 Å². The van der Waals surface area contributed by atoms with Gasteiger partial charge in [0, 0.05) is 0 Å². The van der Waals surface area contributed by atoms with Crippen molar-refractivity contribution in [2.45, 2.75) is 25.3 Å². The highest BCUT2D eigenvalue weighted by molar-refractivity contribution is 5.70. The van der Waals surface area contributed by atoms with Gasteiger partial charge in [-0.1, -0.05) is 0 Å². The van der Waals surface area contributed by atoms with Gasteiger partial charge in [-0.2, -0.15) is 0 Å². The van der Waals surface area contributed by atoms with E-state index in [1.54, 1.807) is 0 Å². The molecule has 0 aliphatic heterocycles. The van der Waals surface area contributed by atoms with E-state index in [0.717, 1.165) is 19.3 Å². The third kappa shape index (κ3) is 1.13. The normalized spacial score (nSPS) is 18.8. The first-order valence-electron chi connectivity index (χ1n) is 2.99. The Morgan fingerprint density at radius 1 is 1.67 bits per heavy atom. The number of primary amides is 1. The van der Waals surface area contributed by atoms with Crippen molar-refractivity contribution in [3.63, 3.8) is 0 Å². The van der Waals surface area contributed by atoms with Crippen LogP contribution in [-0.4, -0.2) is 22.3 Å². The van der Waals surface area contributed by atoms with Crippen LogP contribution in [0.3, 0.4) is 0 Å². The van der Waals surface area contributed by atoms with E-state index in [-0.39, 0.29) is 6.04 Å². The van der Waals surface area contributed by atoms with Gasteiger partial charge in [-0.25, -0.2) is 9.86 Å². The van der Waals surface area contributed by atoms with Crippen LogP contribution in [-0.2, 0) is 0 Å². The largest absolute Gasteiger partial charge is 0.350 e. The molecule has 0 bridgehead atoms. The number of carbonyl (C=O) groups excluding carboxylic acids is 1. The minimum atomic E-state index is -0.750. The maximum Gasteiger partial charge on any atom is 0.338 e. The molecule has 4 heteroatoms. The van der Waals surface area contributed by atoms with E-state index in [1.807, 2.05) is 0 Å². The molecule has 1 rings (SSSR count). The molecule has 0 spiro atoms. The fraction of sp³-hybridized carbons (Fsp3) is 0.800. The van der Waals surface area contributed by atoms with Gasteiger partial charge in [0.05, 0.1) is 6.04 Å².